The lowest BCUT2D eigenvalue weighted by molar-refractivity contribution is -0.138. The van der Waals surface area contributed by atoms with Gasteiger partial charge in [-0.25, -0.2) is 0 Å². The summed E-state index contributed by atoms with van der Waals surface area (Å²) in [5, 5.41) is 29.9. The number of aromatic nitrogens is 3. The predicted molar refractivity (Wildman–Crippen MR) is 125 cm³/mol. The smallest absolute Gasteiger partial charge is 0.422 e. The van der Waals surface area contributed by atoms with Gasteiger partial charge in [-0.15, -0.1) is 0 Å². The molecule has 0 aliphatic carbocycles. The lowest BCUT2D eigenvalue weighted by Crippen LogP contribution is -2.43. The summed E-state index contributed by atoms with van der Waals surface area (Å²) in [5.41, 5.74) is -0.431. The number of aliphatic hydroxyl groups is 1. The number of ether oxygens (including phenoxy) is 1. The minimum absolute atomic E-state index is 0.00933. The van der Waals surface area contributed by atoms with Crippen LogP contribution in [0.2, 0.25) is 0 Å². The maximum absolute atomic E-state index is 14.0. The number of aliphatic carboxylic acids is 1. The van der Waals surface area contributed by atoms with Gasteiger partial charge in [-0.3, -0.25) is 4.79 Å². The van der Waals surface area contributed by atoms with Crippen LogP contribution in [0.1, 0.15) is 30.1 Å². The van der Waals surface area contributed by atoms with Crippen molar-refractivity contribution in [3.8, 4) is 40.0 Å². The molecule has 2 aromatic carbocycles. The highest BCUT2D eigenvalue weighted by atomic mass is 19.4. The van der Waals surface area contributed by atoms with Crippen molar-refractivity contribution >= 4 is 5.97 Å². The van der Waals surface area contributed by atoms with Crippen LogP contribution >= 0.6 is 0 Å². The third-order valence-corrected chi connectivity index (χ3v) is 6.01. The molecule has 1 aliphatic heterocycles. The maximum atomic E-state index is 14.0. The average Bonchev–Trinajstić information content (AvgIpc) is 3.56. The lowest BCUT2D eigenvalue weighted by atomic mass is 9.97. The van der Waals surface area contributed by atoms with E-state index < -0.39 is 47.2 Å². The van der Waals surface area contributed by atoms with Gasteiger partial charge in [0.15, 0.2) is 0 Å². The van der Waals surface area contributed by atoms with Crippen molar-refractivity contribution < 1.29 is 42.0 Å². The Morgan fingerprint density at radius 2 is 1.87 bits per heavy atom. The van der Waals surface area contributed by atoms with Gasteiger partial charge in [-0.1, -0.05) is 52.8 Å². The second-order valence-corrected chi connectivity index (χ2v) is 8.59. The molecular weight excluding hydrogens is 509 g/mol. The van der Waals surface area contributed by atoms with Gasteiger partial charge < -0.3 is 29.3 Å². The fourth-order valence-corrected chi connectivity index (χ4v) is 4.15. The molecule has 2 atom stereocenters. The molecule has 0 unspecified atom stereocenters. The first-order chi connectivity index (χ1) is 18.2. The highest BCUT2D eigenvalue weighted by Gasteiger charge is 2.43. The summed E-state index contributed by atoms with van der Waals surface area (Å²) in [7, 11) is 0. The van der Waals surface area contributed by atoms with Crippen LogP contribution in [0.15, 0.2) is 57.6 Å². The minimum Gasteiger partial charge on any atom is -0.491 e. The van der Waals surface area contributed by atoms with E-state index in [1.807, 2.05) is 0 Å². The second-order valence-electron chi connectivity index (χ2n) is 8.59. The number of carboxylic acid groups (broad SMARTS) is 1. The highest BCUT2D eigenvalue weighted by molar-refractivity contribution is 5.71. The standard InChI is InChI=1S/C25H21F3N4O6/c26-25(27,28)19-20(13-5-2-1-3-6-13)31-37-22(19)24-30-23(32-38-24)14-8-9-15-17(11-14)36-12-16(21(15)35)29-10-4-7-18(33)34/h1-3,5-6,8-9,11,16,21,29,35H,4,7,10,12H2,(H,33,34)/t16-,21-/m1/s1. The van der Waals surface area contributed by atoms with Crippen LogP contribution in [0.3, 0.4) is 0 Å². The summed E-state index contributed by atoms with van der Waals surface area (Å²) < 4.78 is 57.8. The molecule has 1 aliphatic rings. The van der Waals surface area contributed by atoms with Gasteiger partial charge in [-0.05, 0) is 19.0 Å². The molecule has 13 heteroatoms. The second kappa shape index (κ2) is 10.3. The Balaban J connectivity index is 1.38. The molecule has 3 N–H and O–H groups in total. The topological polar surface area (TPSA) is 144 Å². The molecular formula is C25H21F3N4O6. The van der Waals surface area contributed by atoms with E-state index >= 15 is 0 Å². The maximum Gasteiger partial charge on any atom is 0.422 e. The fourth-order valence-electron chi connectivity index (χ4n) is 4.15. The van der Waals surface area contributed by atoms with Crippen molar-refractivity contribution in [2.75, 3.05) is 13.2 Å². The van der Waals surface area contributed by atoms with E-state index in [-0.39, 0.29) is 24.4 Å². The molecule has 0 radical (unpaired) electrons. The van der Waals surface area contributed by atoms with Crippen LogP contribution in [0.4, 0.5) is 13.2 Å². The third kappa shape index (κ3) is 5.10. The van der Waals surface area contributed by atoms with Crippen LogP contribution in [0.5, 0.6) is 5.75 Å². The first kappa shape index (κ1) is 25.4. The average molecular weight is 530 g/mol. The van der Waals surface area contributed by atoms with E-state index in [1.165, 1.54) is 12.1 Å². The zero-order valence-electron chi connectivity index (χ0n) is 19.6. The van der Waals surface area contributed by atoms with Gasteiger partial charge in [-0.2, -0.15) is 18.2 Å². The Morgan fingerprint density at radius 3 is 2.61 bits per heavy atom. The van der Waals surface area contributed by atoms with Gasteiger partial charge >= 0.3 is 12.1 Å². The number of nitrogens with zero attached hydrogens (tertiary/aromatic N) is 3. The quantitative estimate of drug-likeness (QED) is 0.282. The van der Waals surface area contributed by atoms with Gasteiger partial charge in [0, 0.05) is 23.1 Å². The number of aliphatic hydroxyl groups excluding tert-OH is 1. The molecule has 10 nitrogen and oxygen atoms in total. The van der Waals surface area contributed by atoms with E-state index in [2.05, 4.69) is 20.6 Å². The first-order valence-electron chi connectivity index (χ1n) is 11.6. The number of carbonyl (C=O) groups is 1. The van der Waals surface area contributed by atoms with Gasteiger partial charge in [0.1, 0.15) is 29.7 Å². The number of nitrogens with one attached hydrogen (secondary N) is 1. The van der Waals surface area contributed by atoms with Crippen molar-refractivity contribution in [2.24, 2.45) is 0 Å². The van der Waals surface area contributed by atoms with Gasteiger partial charge in [0.2, 0.25) is 11.6 Å². The summed E-state index contributed by atoms with van der Waals surface area (Å²) in [6.07, 6.45) is -5.31. The fraction of sp³-hybridized carbons (Fsp3) is 0.280. The van der Waals surface area contributed by atoms with E-state index in [0.29, 0.717) is 29.8 Å². The molecule has 4 aromatic rings. The summed E-state index contributed by atoms with van der Waals surface area (Å²) in [4.78, 5) is 14.7. The number of alkyl halides is 3. The van der Waals surface area contributed by atoms with Crippen molar-refractivity contribution in [3.63, 3.8) is 0 Å². The normalized spacial score (nSPS) is 17.2. The zero-order valence-corrected chi connectivity index (χ0v) is 19.6. The summed E-state index contributed by atoms with van der Waals surface area (Å²) in [5.74, 6) is -1.75. The molecule has 0 bridgehead atoms. The lowest BCUT2D eigenvalue weighted by Gasteiger charge is -2.31. The molecule has 0 fully saturated rings. The Hall–Kier alpha value is -4.23. The SMILES string of the molecule is O=C(O)CCCN[C@@H]1COc2cc(-c3noc(-c4onc(-c5ccccc5)c4C(F)(F)F)n3)ccc2[C@H]1O. The Morgan fingerprint density at radius 1 is 1.08 bits per heavy atom. The zero-order chi connectivity index (χ0) is 26.9. The Kier molecular flexibility index (Phi) is 6.87. The number of rotatable bonds is 8. The Labute approximate surface area is 213 Å². The first-order valence-corrected chi connectivity index (χ1v) is 11.6. The molecule has 3 heterocycles. The number of fused-ring (bicyclic) bond motifs is 1. The van der Waals surface area contributed by atoms with Crippen molar-refractivity contribution in [3.05, 3.63) is 59.7 Å². The van der Waals surface area contributed by atoms with Gasteiger partial charge in [0.05, 0.1) is 6.04 Å². The number of halogens is 3. The van der Waals surface area contributed by atoms with E-state index in [4.69, 9.17) is 18.9 Å². The van der Waals surface area contributed by atoms with E-state index in [0.717, 1.165) is 0 Å². The predicted octanol–water partition coefficient (Wildman–Crippen LogP) is 4.33. The number of carboxylic acids is 1. The van der Waals surface area contributed by atoms with Gasteiger partial charge in [0.25, 0.3) is 5.89 Å². The largest absolute Gasteiger partial charge is 0.491 e. The summed E-state index contributed by atoms with van der Waals surface area (Å²) in [6, 6.07) is 12.1. The molecule has 5 rings (SSSR count). The van der Waals surface area contributed by atoms with Crippen LogP contribution in [-0.2, 0) is 11.0 Å². The molecule has 198 valence electrons. The molecule has 0 spiro atoms. The minimum atomic E-state index is -4.80. The number of benzene rings is 2. The molecule has 0 saturated heterocycles. The third-order valence-electron chi connectivity index (χ3n) is 6.01. The van der Waals surface area contributed by atoms with Crippen LogP contribution in [-0.4, -0.2) is 50.7 Å². The van der Waals surface area contributed by atoms with Crippen molar-refractivity contribution in [2.45, 2.75) is 31.2 Å². The summed E-state index contributed by atoms with van der Waals surface area (Å²) in [6.45, 7) is 0.515. The van der Waals surface area contributed by atoms with E-state index in [1.54, 1.807) is 36.4 Å². The molecule has 38 heavy (non-hydrogen) atoms. The van der Waals surface area contributed by atoms with Crippen LogP contribution in [0.25, 0.3) is 34.3 Å². The number of hydrogen-bond donors (Lipinski definition) is 3. The Bertz CT molecular complexity index is 1440. The molecule has 0 saturated carbocycles. The van der Waals surface area contributed by atoms with E-state index in [9.17, 15) is 23.1 Å². The van der Waals surface area contributed by atoms with Crippen molar-refractivity contribution in [1.82, 2.24) is 20.6 Å². The van der Waals surface area contributed by atoms with Crippen molar-refractivity contribution in [1.29, 1.82) is 0 Å². The molecule has 0 amide bonds. The van der Waals surface area contributed by atoms with Crippen LogP contribution in [0, 0.1) is 0 Å². The molecule has 2 aromatic heterocycles. The summed E-state index contributed by atoms with van der Waals surface area (Å²) >= 11 is 0. The highest BCUT2D eigenvalue weighted by Crippen LogP contribution is 2.43. The van der Waals surface area contributed by atoms with Crippen LogP contribution < -0.4 is 10.1 Å². The number of hydrogen-bond acceptors (Lipinski definition) is 9. The monoisotopic (exact) mass is 530 g/mol.